The molecule has 2 aromatic rings. The molecule has 4 rings (SSSR count). The number of piperidine rings is 1. The molecule has 170 valence electrons. The number of hydrogen-bond acceptors (Lipinski definition) is 5. The Kier molecular flexibility index (Phi) is 10.4. The van der Waals surface area contributed by atoms with Gasteiger partial charge in [-0.2, -0.15) is 0 Å². The van der Waals surface area contributed by atoms with Gasteiger partial charge in [-0.1, -0.05) is 42.1 Å². The highest BCUT2D eigenvalue weighted by Crippen LogP contribution is 2.36. The molecule has 2 aliphatic heterocycles. The lowest BCUT2D eigenvalue weighted by Crippen LogP contribution is -2.52. The monoisotopic (exact) mass is 571 g/mol. The van der Waals surface area contributed by atoms with E-state index in [4.69, 9.17) is 4.99 Å². The van der Waals surface area contributed by atoms with Crippen LogP contribution in [0, 0.1) is 0 Å². The number of hydrogen-bond donors (Lipinski definition) is 2. The lowest BCUT2D eigenvalue weighted by atomic mass is 9.96. The number of rotatable bonds is 9. The SMILES string of the molecule is CCNC(=NCCCSc1nccs1)NC1CC2CCC(C1)N2Cc1ccccc1.I. The minimum absolute atomic E-state index is 0. The molecule has 0 amide bonds. The second-order valence-corrected chi connectivity index (χ2v) is 10.4. The topological polar surface area (TPSA) is 52.6 Å². The molecule has 0 spiro atoms. The Morgan fingerprint density at radius 2 is 2.00 bits per heavy atom. The molecule has 2 N–H and O–H groups in total. The number of thiazole rings is 1. The van der Waals surface area contributed by atoms with E-state index in [1.54, 1.807) is 11.3 Å². The number of aromatic nitrogens is 1. The van der Waals surface area contributed by atoms with E-state index in [-0.39, 0.29) is 24.0 Å². The Bertz CT molecular complexity index is 773. The highest BCUT2D eigenvalue weighted by atomic mass is 127. The van der Waals surface area contributed by atoms with Crippen molar-refractivity contribution in [1.29, 1.82) is 0 Å². The van der Waals surface area contributed by atoms with E-state index in [1.807, 2.05) is 23.3 Å². The zero-order valence-corrected chi connectivity index (χ0v) is 22.2. The van der Waals surface area contributed by atoms with Gasteiger partial charge in [0.25, 0.3) is 0 Å². The van der Waals surface area contributed by atoms with E-state index in [2.05, 4.69) is 57.8 Å². The first-order valence-corrected chi connectivity index (χ1v) is 13.0. The van der Waals surface area contributed by atoms with Gasteiger partial charge in [0.1, 0.15) is 4.34 Å². The second-order valence-electron chi connectivity index (χ2n) is 8.12. The van der Waals surface area contributed by atoms with Crippen molar-refractivity contribution < 1.29 is 0 Å². The Morgan fingerprint density at radius 3 is 2.68 bits per heavy atom. The number of thioether (sulfide) groups is 1. The zero-order valence-electron chi connectivity index (χ0n) is 18.2. The molecule has 0 aliphatic carbocycles. The minimum atomic E-state index is 0. The van der Waals surface area contributed by atoms with Crippen LogP contribution in [0.15, 0.2) is 51.2 Å². The van der Waals surface area contributed by atoms with Crippen molar-refractivity contribution in [2.24, 2.45) is 4.99 Å². The number of halogens is 1. The van der Waals surface area contributed by atoms with Crippen molar-refractivity contribution in [2.75, 3.05) is 18.8 Å². The molecule has 5 nitrogen and oxygen atoms in total. The highest BCUT2D eigenvalue weighted by Gasteiger charge is 2.40. The van der Waals surface area contributed by atoms with Gasteiger partial charge in [-0.05, 0) is 44.6 Å². The van der Waals surface area contributed by atoms with E-state index < -0.39 is 0 Å². The van der Waals surface area contributed by atoms with E-state index >= 15 is 0 Å². The number of nitrogens with one attached hydrogen (secondary N) is 2. The van der Waals surface area contributed by atoms with Gasteiger partial charge in [0.2, 0.25) is 0 Å². The third-order valence-electron chi connectivity index (χ3n) is 5.98. The first kappa shape index (κ1) is 24.8. The van der Waals surface area contributed by atoms with Crippen LogP contribution in [0.2, 0.25) is 0 Å². The summed E-state index contributed by atoms with van der Waals surface area (Å²) in [5.74, 6) is 2.05. The molecule has 3 heterocycles. The van der Waals surface area contributed by atoms with E-state index in [0.29, 0.717) is 18.1 Å². The maximum absolute atomic E-state index is 4.83. The highest BCUT2D eigenvalue weighted by molar-refractivity contribution is 14.0. The van der Waals surface area contributed by atoms with Crippen molar-refractivity contribution in [2.45, 2.75) is 68.0 Å². The summed E-state index contributed by atoms with van der Waals surface area (Å²) in [4.78, 5) is 11.9. The van der Waals surface area contributed by atoms with Gasteiger partial charge in [-0.3, -0.25) is 9.89 Å². The van der Waals surface area contributed by atoms with Crippen LogP contribution in [0.5, 0.6) is 0 Å². The van der Waals surface area contributed by atoms with Crippen LogP contribution in [0.4, 0.5) is 0 Å². The summed E-state index contributed by atoms with van der Waals surface area (Å²) in [6, 6.07) is 12.8. The predicted octanol–water partition coefficient (Wildman–Crippen LogP) is 4.99. The molecule has 2 bridgehead atoms. The quantitative estimate of drug-likeness (QED) is 0.146. The molecule has 2 aliphatic rings. The molecule has 1 aromatic heterocycles. The lowest BCUT2D eigenvalue weighted by molar-refractivity contribution is 0.114. The number of fused-ring (bicyclic) bond motifs is 2. The van der Waals surface area contributed by atoms with Crippen LogP contribution in [-0.4, -0.2) is 52.8 Å². The van der Waals surface area contributed by atoms with Crippen LogP contribution in [0.3, 0.4) is 0 Å². The molecule has 31 heavy (non-hydrogen) atoms. The average Bonchev–Trinajstić information content (AvgIpc) is 3.34. The van der Waals surface area contributed by atoms with Gasteiger partial charge in [0.15, 0.2) is 5.96 Å². The average molecular weight is 572 g/mol. The normalized spacial score (nSPS) is 23.4. The summed E-state index contributed by atoms with van der Waals surface area (Å²) in [5.41, 5.74) is 1.44. The van der Waals surface area contributed by atoms with Crippen LogP contribution in [-0.2, 0) is 6.54 Å². The standard InChI is InChI=1S/C23H33N5S2.HI/c1-2-24-22(25-11-6-13-29-23-26-12-14-30-23)27-19-15-20-9-10-21(16-19)28(20)17-18-7-4-3-5-8-18;/h3-5,7-8,12,14,19-21H,2,6,9-11,13,15-17H2,1H3,(H2,24,25,27);1H. The molecule has 2 unspecified atom stereocenters. The van der Waals surface area contributed by atoms with Crippen molar-refractivity contribution in [3.8, 4) is 0 Å². The Balaban J connectivity index is 0.00000272. The summed E-state index contributed by atoms with van der Waals surface area (Å²) in [5, 5.41) is 9.22. The first-order valence-electron chi connectivity index (χ1n) is 11.2. The Hall–Kier alpha value is -0.840. The molecule has 8 heteroatoms. The Morgan fingerprint density at radius 1 is 1.23 bits per heavy atom. The molecule has 2 fully saturated rings. The van der Waals surface area contributed by atoms with Crippen molar-refractivity contribution in [3.05, 3.63) is 47.5 Å². The number of aliphatic imine (C=N–C) groups is 1. The van der Waals surface area contributed by atoms with Gasteiger partial charge < -0.3 is 10.6 Å². The molecule has 1 aromatic carbocycles. The summed E-state index contributed by atoms with van der Waals surface area (Å²) < 4.78 is 1.15. The fraction of sp³-hybridized carbons (Fsp3) is 0.565. The van der Waals surface area contributed by atoms with Crippen molar-refractivity contribution >= 4 is 53.0 Å². The first-order chi connectivity index (χ1) is 14.8. The van der Waals surface area contributed by atoms with Gasteiger partial charge in [0.05, 0.1) is 0 Å². The van der Waals surface area contributed by atoms with Gasteiger partial charge in [0, 0.05) is 55.1 Å². The Labute approximate surface area is 211 Å². The summed E-state index contributed by atoms with van der Waals surface area (Å²) in [6.07, 6.45) is 8.04. The van der Waals surface area contributed by atoms with Gasteiger partial charge >= 0.3 is 0 Å². The molecule has 2 atom stereocenters. The molecular weight excluding hydrogens is 537 g/mol. The van der Waals surface area contributed by atoms with Crippen molar-refractivity contribution in [3.63, 3.8) is 0 Å². The largest absolute Gasteiger partial charge is 0.357 e. The summed E-state index contributed by atoms with van der Waals surface area (Å²) >= 11 is 3.54. The maximum Gasteiger partial charge on any atom is 0.191 e. The number of benzene rings is 1. The van der Waals surface area contributed by atoms with Crippen LogP contribution >= 0.6 is 47.1 Å². The fourth-order valence-electron chi connectivity index (χ4n) is 4.65. The lowest BCUT2D eigenvalue weighted by Gasteiger charge is -2.39. The van der Waals surface area contributed by atoms with Crippen LogP contribution in [0.25, 0.3) is 0 Å². The third kappa shape index (κ3) is 7.33. The zero-order chi connectivity index (χ0) is 20.6. The van der Waals surface area contributed by atoms with E-state index in [0.717, 1.165) is 42.1 Å². The predicted molar refractivity (Wildman–Crippen MR) is 144 cm³/mol. The maximum atomic E-state index is 4.83. The summed E-state index contributed by atoms with van der Waals surface area (Å²) in [6.45, 7) is 4.99. The summed E-state index contributed by atoms with van der Waals surface area (Å²) in [7, 11) is 0. The van der Waals surface area contributed by atoms with Crippen LogP contribution < -0.4 is 10.6 Å². The molecule has 0 radical (unpaired) electrons. The molecular formula is C23H34IN5S2. The number of guanidine groups is 1. The van der Waals surface area contributed by atoms with E-state index in [9.17, 15) is 0 Å². The third-order valence-corrected chi connectivity index (χ3v) is 8.04. The molecule has 0 saturated carbocycles. The smallest absolute Gasteiger partial charge is 0.191 e. The minimum Gasteiger partial charge on any atom is -0.357 e. The van der Waals surface area contributed by atoms with Crippen molar-refractivity contribution in [1.82, 2.24) is 20.5 Å². The fourth-order valence-corrected chi connectivity index (χ4v) is 6.29. The number of nitrogens with zero attached hydrogens (tertiary/aromatic N) is 3. The molecule has 2 saturated heterocycles. The van der Waals surface area contributed by atoms with E-state index in [1.165, 1.54) is 31.2 Å². The van der Waals surface area contributed by atoms with Gasteiger partial charge in [-0.25, -0.2) is 4.98 Å². The van der Waals surface area contributed by atoms with Gasteiger partial charge in [-0.15, -0.1) is 35.3 Å². The second kappa shape index (κ2) is 13.0. The van der Waals surface area contributed by atoms with Crippen LogP contribution in [0.1, 0.15) is 44.6 Å².